The Labute approximate surface area is 118 Å². The third-order valence-corrected chi connectivity index (χ3v) is 3.40. The van der Waals surface area contributed by atoms with E-state index >= 15 is 0 Å². The third kappa shape index (κ3) is 2.06. The Kier molecular flexibility index (Phi) is 2.91. The molecule has 0 aliphatic carbocycles. The van der Waals surface area contributed by atoms with Gasteiger partial charge in [0.05, 0.1) is 0 Å². The Hall–Kier alpha value is -2.01. The third-order valence-electron chi connectivity index (χ3n) is 2.94. The molecule has 0 radical (unpaired) electrons. The molecule has 0 aliphatic rings. The van der Waals surface area contributed by atoms with E-state index in [2.05, 4.69) is 26.1 Å². The molecule has 0 unspecified atom stereocenters. The zero-order valence-corrected chi connectivity index (χ0v) is 11.8. The summed E-state index contributed by atoms with van der Waals surface area (Å²) in [6.07, 6.45) is 1.79. The first-order chi connectivity index (χ1) is 9.19. The first-order valence-electron chi connectivity index (χ1n) is 5.77. The maximum Gasteiger partial charge on any atom is 0.209 e. The van der Waals surface area contributed by atoms with Crippen LogP contribution in [0.5, 0.6) is 0 Å². The molecule has 0 saturated heterocycles. The van der Waals surface area contributed by atoms with Crippen molar-refractivity contribution in [2.24, 2.45) is 5.18 Å². The van der Waals surface area contributed by atoms with Gasteiger partial charge >= 0.3 is 0 Å². The molecule has 0 N–H and O–H groups in total. The molecular weight excluding hydrogens is 306 g/mol. The standard InChI is InChI=1S/C14H10BrN3O/c1-9-3-2-4-10(7-9)13-14(17-19)18-8-11(15)5-6-12(18)16-13/h2-8H,1H3. The van der Waals surface area contributed by atoms with Crippen LogP contribution < -0.4 is 0 Å². The van der Waals surface area contributed by atoms with Crippen LogP contribution >= 0.6 is 15.9 Å². The predicted octanol–water partition coefficient (Wildman–Crippen LogP) is 4.47. The highest BCUT2D eigenvalue weighted by molar-refractivity contribution is 9.10. The lowest BCUT2D eigenvalue weighted by Crippen LogP contribution is -1.82. The van der Waals surface area contributed by atoms with Crippen molar-refractivity contribution in [2.75, 3.05) is 0 Å². The average Bonchev–Trinajstić information content (AvgIpc) is 2.76. The van der Waals surface area contributed by atoms with Gasteiger partial charge in [-0.2, -0.15) is 0 Å². The van der Waals surface area contributed by atoms with E-state index in [9.17, 15) is 4.91 Å². The van der Waals surface area contributed by atoms with Crippen LogP contribution in [-0.4, -0.2) is 9.38 Å². The number of rotatable bonds is 2. The molecule has 94 valence electrons. The van der Waals surface area contributed by atoms with Crippen molar-refractivity contribution in [3.05, 3.63) is 57.5 Å². The van der Waals surface area contributed by atoms with Crippen molar-refractivity contribution < 1.29 is 0 Å². The molecule has 2 heterocycles. The molecule has 3 rings (SSSR count). The topological polar surface area (TPSA) is 46.7 Å². The van der Waals surface area contributed by atoms with E-state index in [1.54, 1.807) is 10.6 Å². The smallest absolute Gasteiger partial charge is 0.209 e. The van der Waals surface area contributed by atoms with Crippen LogP contribution in [0.1, 0.15) is 5.56 Å². The number of hydrogen-bond acceptors (Lipinski definition) is 3. The van der Waals surface area contributed by atoms with Crippen LogP contribution in [0.3, 0.4) is 0 Å². The number of aryl methyl sites for hydroxylation is 1. The number of nitrogens with zero attached hydrogens (tertiary/aromatic N) is 3. The molecule has 0 aliphatic heterocycles. The summed E-state index contributed by atoms with van der Waals surface area (Å²) in [6.45, 7) is 2.00. The summed E-state index contributed by atoms with van der Waals surface area (Å²) in [5, 5.41) is 3.14. The fourth-order valence-electron chi connectivity index (χ4n) is 2.08. The molecule has 3 aromatic rings. The first-order valence-corrected chi connectivity index (χ1v) is 6.56. The van der Waals surface area contributed by atoms with E-state index in [-0.39, 0.29) is 0 Å². The quantitative estimate of drug-likeness (QED) is 0.655. The van der Waals surface area contributed by atoms with Crippen LogP contribution in [-0.2, 0) is 0 Å². The zero-order valence-electron chi connectivity index (χ0n) is 10.2. The van der Waals surface area contributed by atoms with Gasteiger partial charge in [0.25, 0.3) is 0 Å². The van der Waals surface area contributed by atoms with Gasteiger partial charge in [-0.05, 0) is 46.2 Å². The molecule has 0 spiro atoms. The predicted molar refractivity (Wildman–Crippen MR) is 78.5 cm³/mol. The summed E-state index contributed by atoms with van der Waals surface area (Å²) in [5.74, 6) is 0.321. The lowest BCUT2D eigenvalue weighted by Gasteiger charge is -1.99. The van der Waals surface area contributed by atoms with Gasteiger partial charge in [-0.1, -0.05) is 23.8 Å². The van der Waals surface area contributed by atoms with Crippen LogP contribution in [0, 0.1) is 11.8 Å². The van der Waals surface area contributed by atoms with Crippen molar-refractivity contribution in [1.29, 1.82) is 0 Å². The SMILES string of the molecule is Cc1cccc(-c2nc3ccc(Br)cn3c2N=O)c1. The summed E-state index contributed by atoms with van der Waals surface area (Å²) in [6, 6.07) is 11.6. The van der Waals surface area contributed by atoms with Crippen LogP contribution in [0.2, 0.25) is 0 Å². The second-order valence-corrected chi connectivity index (χ2v) is 5.24. The molecule has 0 amide bonds. The fourth-order valence-corrected chi connectivity index (χ4v) is 2.42. The lowest BCUT2D eigenvalue weighted by atomic mass is 10.1. The Morgan fingerprint density at radius 2 is 2.11 bits per heavy atom. The van der Waals surface area contributed by atoms with E-state index in [1.165, 1.54) is 0 Å². The first kappa shape index (κ1) is 12.0. The second-order valence-electron chi connectivity index (χ2n) is 4.32. The number of aromatic nitrogens is 2. The maximum atomic E-state index is 11.1. The largest absolute Gasteiger partial charge is 0.280 e. The summed E-state index contributed by atoms with van der Waals surface area (Å²) in [7, 11) is 0. The van der Waals surface area contributed by atoms with Gasteiger partial charge in [0.1, 0.15) is 11.3 Å². The number of halogens is 1. The minimum Gasteiger partial charge on any atom is -0.280 e. The summed E-state index contributed by atoms with van der Waals surface area (Å²) >= 11 is 3.38. The molecule has 0 bridgehead atoms. The molecule has 19 heavy (non-hydrogen) atoms. The van der Waals surface area contributed by atoms with E-state index < -0.39 is 0 Å². The summed E-state index contributed by atoms with van der Waals surface area (Å²) in [5.41, 5.74) is 3.33. The van der Waals surface area contributed by atoms with E-state index in [1.807, 2.05) is 43.3 Å². The Morgan fingerprint density at radius 1 is 1.26 bits per heavy atom. The molecule has 4 nitrogen and oxygen atoms in total. The Balaban J connectivity index is 2.32. The Bertz CT molecular complexity index is 779. The zero-order chi connectivity index (χ0) is 13.4. The number of benzene rings is 1. The Morgan fingerprint density at radius 3 is 2.84 bits per heavy atom. The van der Waals surface area contributed by atoms with Gasteiger partial charge < -0.3 is 0 Å². The summed E-state index contributed by atoms with van der Waals surface area (Å²) in [4.78, 5) is 15.6. The number of fused-ring (bicyclic) bond motifs is 1. The number of pyridine rings is 1. The monoisotopic (exact) mass is 315 g/mol. The molecule has 5 heteroatoms. The van der Waals surface area contributed by atoms with Gasteiger partial charge in [0.2, 0.25) is 5.82 Å². The molecule has 0 fully saturated rings. The fraction of sp³-hybridized carbons (Fsp3) is 0.0714. The van der Waals surface area contributed by atoms with Gasteiger partial charge in [0, 0.05) is 16.2 Å². The van der Waals surface area contributed by atoms with Crippen LogP contribution in [0.15, 0.2) is 52.2 Å². The van der Waals surface area contributed by atoms with Gasteiger partial charge in [-0.15, -0.1) is 4.91 Å². The van der Waals surface area contributed by atoms with Crippen molar-refractivity contribution >= 4 is 27.4 Å². The molecule has 0 atom stereocenters. The molecule has 2 aromatic heterocycles. The minimum absolute atomic E-state index is 0.321. The van der Waals surface area contributed by atoms with Crippen molar-refractivity contribution in [1.82, 2.24) is 9.38 Å². The number of imidazole rings is 1. The van der Waals surface area contributed by atoms with Crippen molar-refractivity contribution in [2.45, 2.75) is 6.92 Å². The van der Waals surface area contributed by atoms with Gasteiger partial charge in [-0.25, -0.2) is 4.98 Å². The maximum absolute atomic E-state index is 11.1. The van der Waals surface area contributed by atoms with Crippen LogP contribution in [0.4, 0.5) is 5.82 Å². The average molecular weight is 316 g/mol. The van der Waals surface area contributed by atoms with Gasteiger partial charge in [-0.3, -0.25) is 4.40 Å². The van der Waals surface area contributed by atoms with Gasteiger partial charge in [0.15, 0.2) is 0 Å². The van der Waals surface area contributed by atoms with Crippen LogP contribution in [0.25, 0.3) is 16.9 Å². The normalized spacial score (nSPS) is 10.8. The highest BCUT2D eigenvalue weighted by atomic mass is 79.9. The van der Waals surface area contributed by atoms with E-state index in [0.717, 1.165) is 15.6 Å². The van der Waals surface area contributed by atoms with Crippen molar-refractivity contribution in [3.63, 3.8) is 0 Å². The molecule has 1 aromatic carbocycles. The molecule has 0 saturated carbocycles. The lowest BCUT2D eigenvalue weighted by molar-refractivity contribution is 1.15. The van der Waals surface area contributed by atoms with E-state index in [4.69, 9.17) is 0 Å². The highest BCUT2D eigenvalue weighted by Gasteiger charge is 2.14. The number of nitroso groups, excluding NO2 is 1. The molecular formula is C14H10BrN3O. The minimum atomic E-state index is 0.321. The van der Waals surface area contributed by atoms with Crippen molar-refractivity contribution in [3.8, 4) is 11.3 Å². The highest BCUT2D eigenvalue weighted by Crippen LogP contribution is 2.31. The summed E-state index contributed by atoms with van der Waals surface area (Å²) < 4.78 is 2.56. The van der Waals surface area contributed by atoms with E-state index in [0.29, 0.717) is 17.2 Å². The number of hydrogen-bond donors (Lipinski definition) is 0. The second kappa shape index (κ2) is 4.59.